The fraction of sp³-hybridized carbons (Fsp3) is 0.765. The van der Waals surface area contributed by atoms with Crippen LogP contribution in [0.4, 0.5) is 0 Å². The molecule has 1 aromatic heterocycles. The van der Waals surface area contributed by atoms with Crippen molar-refractivity contribution in [3.63, 3.8) is 0 Å². The van der Waals surface area contributed by atoms with E-state index in [0.29, 0.717) is 13.1 Å². The van der Waals surface area contributed by atoms with E-state index in [9.17, 15) is 8.42 Å². The van der Waals surface area contributed by atoms with Crippen LogP contribution < -0.4 is 0 Å². The summed E-state index contributed by atoms with van der Waals surface area (Å²) in [5.74, 6) is 0. The van der Waals surface area contributed by atoms with Crippen LogP contribution >= 0.6 is 11.3 Å². The minimum atomic E-state index is -3.47. The fourth-order valence-electron chi connectivity index (χ4n) is 3.65. The molecule has 0 N–H and O–H groups in total. The van der Waals surface area contributed by atoms with Crippen LogP contribution in [-0.4, -0.2) is 49.4 Å². The van der Waals surface area contributed by atoms with E-state index in [1.54, 1.807) is 27.0 Å². The normalized spacial score (nSPS) is 23.4. The van der Waals surface area contributed by atoms with Crippen molar-refractivity contribution in [1.82, 2.24) is 8.61 Å². The van der Waals surface area contributed by atoms with Gasteiger partial charge in [-0.2, -0.15) is 17.0 Å². The Kier molecular flexibility index (Phi) is 6.32. The summed E-state index contributed by atoms with van der Waals surface area (Å²) in [6, 6.07) is 4.12. The molecule has 24 heavy (non-hydrogen) atoms. The molecule has 3 rings (SSSR count). The van der Waals surface area contributed by atoms with E-state index in [0.717, 1.165) is 50.0 Å². The summed E-state index contributed by atoms with van der Waals surface area (Å²) in [5, 5.41) is 2.00. The molecule has 0 amide bonds. The Hall–Kier alpha value is -0.470. The third kappa shape index (κ3) is 4.38. The SMILES string of the molecule is CN(C1CCCCC1)S(=O)(=O)N(Cc1cccs1)CC1CCCO1. The van der Waals surface area contributed by atoms with Crippen molar-refractivity contribution < 1.29 is 13.2 Å². The summed E-state index contributed by atoms with van der Waals surface area (Å²) in [6.07, 6.45) is 7.42. The zero-order chi connectivity index (χ0) is 17.0. The van der Waals surface area contributed by atoms with Gasteiger partial charge in [0.2, 0.25) is 0 Å². The highest BCUT2D eigenvalue weighted by Gasteiger charge is 2.35. The van der Waals surface area contributed by atoms with Gasteiger partial charge in [0, 0.05) is 37.7 Å². The first-order valence-electron chi connectivity index (χ1n) is 8.94. The minimum absolute atomic E-state index is 0.0273. The second kappa shape index (κ2) is 8.27. The third-order valence-electron chi connectivity index (χ3n) is 5.12. The van der Waals surface area contributed by atoms with E-state index < -0.39 is 10.2 Å². The molecule has 1 saturated heterocycles. The zero-order valence-corrected chi connectivity index (χ0v) is 16.0. The molecule has 5 nitrogen and oxygen atoms in total. The average molecular weight is 373 g/mol. The maximum atomic E-state index is 13.2. The predicted octanol–water partition coefficient (Wildman–Crippen LogP) is 3.24. The minimum Gasteiger partial charge on any atom is -0.377 e. The van der Waals surface area contributed by atoms with Crippen LogP contribution in [0, 0.1) is 0 Å². The number of ether oxygens (including phenoxy) is 1. The van der Waals surface area contributed by atoms with E-state index >= 15 is 0 Å². The molecule has 1 aromatic rings. The molecule has 136 valence electrons. The van der Waals surface area contributed by atoms with Gasteiger partial charge in [0.05, 0.1) is 6.10 Å². The van der Waals surface area contributed by atoms with Gasteiger partial charge in [-0.3, -0.25) is 0 Å². The van der Waals surface area contributed by atoms with Gasteiger partial charge in [-0.15, -0.1) is 11.3 Å². The maximum absolute atomic E-state index is 13.2. The summed E-state index contributed by atoms with van der Waals surface area (Å²) >= 11 is 1.61. The second-order valence-corrected chi connectivity index (χ2v) is 9.84. The van der Waals surface area contributed by atoms with Crippen molar-refractivity contribution >= 4 is 21.5 Å². The Morgan fingerprint density at radius 3 is 2.62 bits per heavy atom. The highest BCUT2D eigenvalue weighted by atomic mass is 32.2. The first-order chi connectivity index (χ1) is 11.6. The Labute approximate surface area is 149 Å². The number of hydrogen-bond acceptors (Lipinski definition) is 4. The lowest BCUT2D eigenvalue weighted by molar-refractivity contribution is 0.0905. The van der Waals surface area contributed by atoms with Crippen LogP contribution in [0.1, 0.15) is 49.8 Å². The Morgan fingerprint density at radius 1 is 1.21 bits per heavy atom. The van der Waals surface area contributed by atoms with Crippen LogP contribution in [0.15, 0.2) is 17.5 Å². The lowest BCUT2D eigenvalue weighted by atomic mass is 9.96. The Balaban J connectivity index is 1.75. The molecule has 0 aromatic carbocycles. The van der Waals surface area contributed by atoms with Crippen molar-refractivity contribution in [3.05, 3.63) is 22.4 Å². The van der Waals surface area contributed by atoms with E-state index in [4.69, 9.17) is 4.74 Å². The number of hydrogen-bond donors (Lipinski definition) is 0. The average Bonchev–Trinajstić information content (AvgIpc) is 3.28. The van der Waals surface area contributed by atoms with Crippen molar-refractivity contribution in [2.75, 3.05) is 20.2 Å². The molecular weight excluding hydrogens is 344 g/mol. The molecular formula is C17H28N2O3S2. The van der Waals surface area contributed by atoms with Crippen molar-refractivity contribution in [2.45, 2.75) is 63.6 Å². The quantitative estimate of drug-likeness (QED) is 0.738. The highest BCUT2D eigenvalue weighted by Crippen LogP contribution is 2.27. The standard InChI is InChI=1S/C17H28N2O3S2/c1-18(15-7-3-2-4-8-15)24(20,21)19(13-16-9-5-11-22-16)14-17-10-6-12-23-17/h6,10,12,15-16H,2-5,7-9,11,13-14H2,1H3. The first-order valence-corrected chi connectivity index (χ1v) is 11.2. The molecule has 2 aliphatic rings. The maximum Gasteiger partial charge on any atom is 0.282 e. The van der Waals surface area contributed by atoms with E-state index in [2.05, 4.69) is 0 Å². The molecule has 1 aliphatic carbocycles. The van der Waals surface area contributed by atoms with Gasteiger partial charge in [-0.1, -0.05) is 25.3 Å². The van der Waals surface area contributed by atoms with Gasteiger partial charge < -0.3 is 4.74 Å². The van der Waals surface area contributed by atoms with Crippen molar-refractivity contribution in [2.24, 2.45) is 0 Å². The summed E-state index contributed by atoms with van der Waals surface area (Å²) in [5.41, 5.74) is 0. The number of nitrogens with zero attached hydrogens (tertiary/aromatic N) is 2. The first kappa shape index (κ1) is 18.3. The molecule has 7 heteroatoms. The molecule has 0 spiro atoms. The van der Waals surface area contributed by atoms with Crippen LogP contribution in [0.3, 0.4) is 0 Å². The van der Waals surface area contributed by atoms with E-state index in [1.165, 1.54) is 6.42 Å². The summed E-state index contributed by atoms with van der Waals surface area (Å²) in [4.78, 5) is 1.08. The Bertz CT molecular complexity index is 591. The van der Waals surface area contributed by atoms with E-state index in [1.807, 2.05) is 17.5 Å². The van der Waals surface area contributed by atoms with Crippen LogP contribution in [0.25, 0.3) is 0 Å². The predicted molar refractivity (Wildman–Crippen MR) is 97.3 cm³/mol. The zero-order valence-electron chi connectivity index (χ0n) is 14.4. The van der Waals surface area contributed by atoms with E-state index in [-0.39, 0.29) is 12.1 Å². The lowest BCUT2D eigenvalue weighted by Gasteiger charge is -2.35. The smallest absolute Gasteiger partial charge is 0.282 e. The van der Waals surface area contributed by atoms with Crippen molar-refractivity contribution in [1.29, 1.82) is 0 Å². The van der Waals surface area contributed by atoms with Gasteiger partial charge >= 0.3 is 0 Å². The molecule has 2 fully saturated rings. The number of rotatable bonds is 7. The monoisotopic (exact) mass is 372 g/mol. The van der Waals surface area contributed by atoms with Crippen molar-refractivity contribution in [3.8, 4) is 0 Å². The van der Waals surface area contributed by atoms with Crippen LogP contribution in [0.5, 0.6) is 0 Å². The Morgan fingerprint density at radius 2 is 2.00 bits per heavy atom. The second-order valence-electron chi connectivity index (χ2n) is 6.82. The lowest BCUT2D eigenvalue weighted by Crippen LogP contribution is -2.48. The molecule has 1 unspecified atom stereocenters. The van der Waals surface area contributed by atoms with Gasteiger partial charge in [0.15, 0.2) is 0 Å². The van der Waals surface area contributed by atoms with Gasteiger partial charge in [-0.05, 0) is 37.1 Å². The molecule has 1 saturated carbocycles. The van der Waals surface area contributed by atoms with Crippen LogP contribution in [-0.2, 0) is 21.5 Å². The topological polar surface area (TPSA) is 49.9 Å². The van der Waals surface area contributed by atoms with Gasteiger partial charge in [-0.25, -0.2) is 0 Å². The summed E-state index contributed by atoms with van der Waals surface area (Å²) in [7, 11) is -1.72. The molecule has 0 bridgehead atoms. The number of thiophene rings is 1. The summed E-state index contributed by atoms with van der Waals surface area (Å²) in [6.45, 7) is 1.64. The molecule has 1 atom stereocenters. The molecule has 1 aliphatic heterocycles. The largest absolute Gasteiger partial charge is 0.377 e. The highest BCUT2D eigenvalue weighted by molar-refractivity contribution is 7.86. The molecule has 2 heterocycles. The summed E-state index contributed by atoms with van der Waals surface area (Å²) < 4.78 is 35.4. The third-order valence-corrected chi connectivity index (χ3v) is 7.94. The van der Waals surface area contributed by atoms with Gasteiger partial charge in [0.25, 0.3) is 10.2 Å². The van der Waals surface area contributed by atoms with Crippen LogP contribution in [0.2, 0.25) is 0 Å². The molecule has 0 radical (unpaired) electrons. The fourth-order valence-corrected chi connectivity index (χ4v) is 6.06. The van der Waals surface area contributed by atoms with Gasteiger partial charge in [0.1, 0.15) is 0 Å².